The molecule has 0 aromatic rings. The molecule has 0 aromatic carbocycles. The van der Waals surface area contributed by atoms with Crippen molar-refractivity contribution in [2.45, 2.75) is 38.9 Å². The lowest BCUT2D eigenvalue weighted by Gasteiger charge is -2.18. The first-order valence-electron chi connectivity index (χ1n) is 4.52. The van der Waals surface area contributed by atoms with Crippen LogP contribution < -0.4 is 0 Å². The van der Waals surface area contributed by atoms with Gasteiger partial charge in [-0.25, -0.2) is 0 Å². The van der Waals surface area contributed by atoms with Gasteiger partial charge >= 0.3 is 5.97 Å². The van der Waals surface area contributed by atoms with Gasteiger partial charge < -0.3 is 14.6 Å². The van der Waals surface area contributed by atoms with Crippen molar-refractivity contribution in [3.8, 4) is 0 Å². The monoisotopic (exact) mass is 190 g/mol. The van der Waals surface area contributed by atoms with Gasteiger partial charge in [0, 0.05) is 7.11 Å². The highest BCUT2D eigenvalue weighted by Crippen LogP contribution is 2.07. The maximum Gasteiger partial charge on any atom is 0.308 e. The lowest BCUT2D eigenvalue weighted by Crippen LogP contribution is -2.30. The van der Waals surface area contributed by atoms with Crippen LogP contribution in [0.4, 0.5) is 0 Å². The number of aliphatic hydroxyl groups is 1. The van der Waals surface area contributed by atoms with Gasteiger partial charge in [0.25, 0.3) is 0 Å². The van der Waals surface area contributed by atoms with Crippen LogP contribution in [-0.4, -0.2) is 37.0 Å². The predicted octanol–water partition coefficient (Wildman–Crippen LogP) is 0.726. The summed E-state index contributed by atoms with van der Waals surface area (Å²) in [7, 11) is 1.52. The van der Waals surface area contributed by atoms with Crippen LogP contribution in [0.5, 0.6) is 0 Å². The zero-order chi connectivity index (χ0) is 10.3. The van der Waals surface area contributed by atoms with E-state index >= 15 is 0 Å². The van der Waals surface area contributed by atoms with E-state index in [-0.39, 0.29) is 18.5 Å². The van der Waals surface area contributed by atoms with Crippen LogP contribution in [0.25, 0.3) is 0 Å². The quantitative estimate of drug-likeness (QED) is 0.627. The minimum atomic E-state index is -0.769. The molecule has 1 N–H and O–H groups in total. The Kier molecular flexibility index (Phi) is 6.54. The molecule has 0 aliphatic carbocycles. The molecule has 0 aliphatic rings. The van der Waals surface area contributed by atoms with Crippen LogP contribution in [0.3, 0.4) is 0 Å². The van der Waals surface area contributed by atoms with E-state index < -0.39 is 6.10 Å². The van der Waals surface area contributed by atoms with Gasteiger partial charge in [0.15, 0.2) is 0 Å². The topological polar surface area (TPSA) is 55.8 Å². The van der Waals surface area contributed by atoms with E-state index in [9.17, 15) is 9.90 Å². The van der Waals surface area contributed by atoms with E-state index in [4.69, 9.17) is 9.47 Å². The molecule has 0 spiro atoms. The first-order valence-corrected chi connectivity index (χ1v) is 4.52. The van der Waals surface area contributed by atoms with Crippen molar-refractivity contribution in [1.82, 2.24) is 0 Å². The molecule has 0 rings (SSSR count). The average Bonchev–Trinajstić information content (AvgIpc) is 2.06. The van der Waals surface area contributed by atoms with Crippen molar-refractivity contribution in [2.24, 2.45) is 0 Å². The molecule has 0 fully saturated rings. The molecule has 0 aromatic heterocycles. The third-order valence-corrected chi connectivity index (χ3v) is 1.82. The van der Waals surface area contributed by atoms with Crippen molar-refractivity contribution in [1.29, 1.82) is 0 Å². The van der Waals surface area contributed by atoms with Gasteiger partial charge in [-0.05, 0) is 13.3 Å². The van der Waals surface area contributed by atoms with E-state index in [1.165, 1.54) is 7.11 Å². The molecule has 4 nitrogen and oxygen atoms in total. The Morgan fingerprint density at radius 3 is 2.46 bits per heavy atom. The van der Waals surface area contributed by atoms with Crippen molar-refractivity contribution in [3.63, 3.8) is 0 Å². The fraction of sp³-hybridized carbons (Fsp3) is 0.889. The summed E-state index contributed by atoms with van der Waals surface area (Å²) in [6.07, 6.45) is -0.379. The maximum absolute atomic E-state index is 11.0. The van der Waals surface area contributed by atoms with Gasteiger partial charge in [-0.3, -0.25) is 4.79 Å². The summed E-state index contributed by atoms with van der Waals surface area (Å²) in [6, 6.07) is 0. The number of ether oxygens (including phenoxy) is 2. The van der Waals surface area contributed by atoms with E-state index in [1.54, 1.807) is 6.92 Å². The molecule has 0 radical (unpaired) electrons. The van der Waals surface area contributed by atoms with Crippen molar-refractivity contribution < 1.29 is 19.4 Å². The Morgan fingerprint density at radius 2 is 2.08 bits per heavy atom. The molecule has 0 bridgehead atoms. The van der Waals surface area contributed by atoms with Gasteiger partial charge in [0.1, 0.15) is 0 Å². The number of carbonyl (C=O) groups is 1. The molecule has 0 aliphatic heterocycles. The molecular weight excluding hydrogens is 172 g/mol. The number of hydrogen-bond acceptors (Lipinski definition) is 4. The Morgan fingerprint density at radius 1 is 1.46 bits per heavy atom. The molecule has 0 unspecified atom stereocenters. The smallest absolute Gasteiger partial charge is 0.308 e. The number of aliphatic hydroxyl groups excluding tert-OH is 1. The minimum Gasteiger partial charge on any atom is -0.466 e. The molecule has 13 heavy (non-hydrogen) atoms. The second kappa shape index (κ2) is 6.86. The normalized spacial score (nSPS) is 15.1. The van der Waals surface area contributed by atoms with Crippen molar-refractivity contribution in [2.75, 3.05) is 13.7 Å². The van der Waals surface area contributed by atoms with Crippen LogP contribution in [-0.2, 0) is 14.3 Å². The average molecular weight is 190 g/mol. The summed E-state index contributed by atoms with van der Waals surface area (Å²) in [5.74, 6) is -0.384. The van der Waals surface area contributed by atoms with Gasteiger partial charge in [-0.2, -0.15) is 0 Å². The van der Waals surface area contributed by atoms with Crippen LogP contribution >= 0.6 is 0 Å². The maximum atomic E-state index is 11.0. The highest BCUT2D eigenvalue weighted by Gasteiger charge is 2.20. The molecule has 4 heteroatoms. The molecule has 0 saturated heterocycles. The third-order valence-electron chi connectivity index (χ3n) is 1.82. The van der Waals surface area contributed by atoms with Crippen LogP contribution in [0, 0.1) is 0 Å². The minimum absolute atomic E-state index is 0.000185. The Hall–Kier alpha value is -0.610. The van der Waals surface area contributed by atoms with E-state index in [2.05, 4.69) is 0 Å². The van der Waals surface area contributed by atoms with E-state index in [0.717, 1.165) is 0 Å². The lowest BCUT2D eigenvalue weighted by molar-refractivity contribution is -0.147. The molecule has 0 saturated carbocycles. The van der Waals surface area contributed by atoms with Gasteiger partial charge in [0.2, 0.25) is 0 Å². The summed E-state index contributed by atoms with van der Waals surface area (Å²) < 4.78 is 9.68. The van der Waals surface area contributed by atoms with E-state index in [1.807, 2.05) is 6.92 Å². The lowest BCUT2D eigenvalue weighted by atomic mass is 10.1. The van der Waals surface area contributed by atoms with Crippen LogP contribution in [0.1, 0.15) is 26.7 Å². The second-order valence-electron chi connectivity index (χ2n) is 2.76. The number of hydrogen-bond donors (Lipinski definition) is 1. The zero-order valence-corrected chi connectivity index (χ0v) is 8.45. The van der Waals surface area contributed by atoms with Crippen molar-refractivity contribution in [3.05, 3.63) is 0 Å². The number of rotatable bonds is 6. The van der Waals surface area contributed by atoms with Crippen molar-refractivity contribution >= 4 is 5.97 Å². The molecular formula is C9H18O4. The molecule has 2 atom stereocenters. The number of esters is 1. The fourth-order valence-electron chi connectivity index (χ4n) is 1.12. The summed E-state index contributed by atoms with van der Waals surface area (Å²) in [5, 5.41) is 9.48. The fourth-order valence-corrected chi connectivity index (χ4v) is 1.12. The summed E-state index contributed by atoms with van der Waals surface area (Å²) in [6.45, 7) is 3.97. The van der Waals surface area contributed by atoms with Gasteiger partial charge in [-0.1, -0.05) is 6.92 Å². The largest absolute Gasteiger partial charge is 0.466 e. The Balaban J connectivity index is 3.82. The standard InChI is InChI=1S/C9H18O4/c1-4-8(12-3)7(10)6-9(11)13-5-2/h7-8,10H,4-6H2,1-3H3/t7-,8+/m0/s1. The Bertz CT molecular complexity index is 143. The highest BCUT2D eigenvalue weighted by atomic mass is 16.5. The first-order chi connectivity index (χ1) is 6.15. The van der Waals surface area contributed by atoms with Crippen LogP contribution in [0.15, 0.2) is 0 Å². The molecule has 0 amide bonds. The third kappa shape index (κ3) is 4.85. The second-order valence-corrected chi connectivity index (χ2v) is 2.76. The zero-order valence-electron chi connectivity index (χ0n) is 8.45. The first kappa shape index (κ1) is 12.4. The molecule has 0 heterocycles. The summed E-state index contributed by atoms with van der Waals surface area (Å²) in [4.78, 5) is 11.0. The Labute approximate surface area is 78.8 Å². The number of carbonyl (C=O) groups excluding carboxylic acids is 1. The predicted molar refractivity (Wildman–Crippen MR) is 48.3 cm³/mol. The van der Waals surface area contributed by atoms with Crippen LogP contribution in [0.2, 0.25) is 0 Å². The summed E-state index contributed by atoms with van der Waals surface area (Å²) in [5.41, 5.74) is 0. The summed E-state index contributed by atoms with van der Waals surface area (Å²) >= 11 is 0. The molecule has 78 valence electrons. The highest BCUT2D eigenvalue weighted by molar-refractivity contribution is 5.69. The SMILES string of the molecule is CCOC(=O)C[C@H](O)[C@@H](CC)OC. The number of methoxy groups -OCH3 is 1. The van der Waals surface area contributed by atoms with Gasteiger partial charge in [0.05, 0.1) is 25.2 Å². The van der Waals surface area contributed by atoms with Gasteiger partial charge in [-0.15, -0.1) is 0 Å². The van der Waals surface area contributed by atoms with E-state index in [0.29, 0.717) is 13.0 Å².